The number of benzene rings is 2. The minimum absolute atomic E-state index is 0.164. The first kappa shape index (κ1) is 16.2. The van der Waals surface area contributed by atoms with Crippen LogP contribution in [-0.2, 0) is 4.79 Å². The first-order valence-electron chi connectivity index (χ1n) is 8.13. The molecule has 2 aromatic carbocycles. The molecule has 0 amide bonds. The van der Waals surface area contributed by atoms with E-state index in [9.17, 15) is 4.79 Å². The summed E-state index contributed by atoms with van der Waals surface area (Å²) in [6.07, 6.45) is 2.45. The second-order valence-corrected chi connectivity index (χ2v) is 9.01. The Kier molecular flexibility index (Phi) is 4.48. The molecule has 4 nitrogen and oxygen atoms in total. The predicted molar refractivity (Wildman–Crippen MR) is 94.8 cm³/mol. The average Bonchev–Trinajstić information content (AvgIpc) is 3.10. The van der Waals surface area contributed by atoms with Gasteiger partial charge in [-0.2, -0.15) is 0 Å². The number of Topliss-reactive ketones (excluding diaryl/α,β-unsaturated/α-hetero) is 1. The van der Waals surface area contributed by atoms with Crippen molar-refractivity contribution in [1.29, 1.82) is 0 Å². The maximum atomic E-state index is 11.2. The van der Waals surface area contributed by atoms with Crippen LogP contribution < -0.4 is 21.2 Å². The number of aromatic nitrogens is 3. The number of halogens is 1. The van der Waals surface area contributed by atoms with Crippen LogP contribution in [0.4, 0.5) is 0 Å². The number of hydrogen-bond acceptors (Lipinski definition) is 3. The van der Waals surface area contributed by atoms with Crippen molar-refractivity contribution in [2.45, 2.75) is 13.3 Å². The summed E-state index contributed by atoms with van der Waals surface area (Å²) in [4.78, 5) is 11.2. The zero-order chi connectivity index (χ0) is 17.2. The Balaban J connectivity index is 1.85. The standard InChI is InChI=1S/C20H17IN3O/c1-14(25)9-10-21-16-7-8-17-18(15-5-3-2-4-6-15)12-20-23-22-13-24(20)19(17)11-16/h2-8,11-13H,9-10H2,1H3/q-1. The third-order valence-corrected chi connectivity index (χ3v) is 6.77. The summed E-state index contributed by atoms with van der Waals surface area (Å²) in [6, 6.07) is 19.1. The van der Waals surface area contributed by atoms with Crippen LogP contribution in [0, 0.1) is 3.57 Å². The molecule has 0 radical (unpaired) electrons. The van der Waals surface area contributed by atoms with Crippen LogP contribution in [0.3, 0.4) is 0 Å². The summed E-state index contributed by atoms with van der Waals surface area (Å²) in [6.45, 7) is 1.66. The van der Waals surface area contributed by atoms with Gasteiger partial charge >= 0.3 is 156 Å². The molecule has 0 spiro atoms. The van der Waals surface area contributed by atoms with Crippen LogP contribution in [0.25, 0.3) is 27.7 Å². The number of alkyl halides is 1. The molecule has 0 N–H and O–H groups in total. The van der Waals surface area contributed by atoms with Crippen molar-refractivity contribution < 1.29 is 26.0 Å². The van der Waals surface area contributed by atoms with E-state index in [0.29, 0.717) is 6.42 Å². The van der Waals surface area contributed by atoms with Crippen LogP contribution in [0.2, 0.25) is 0 Å². The van der Waals surface area contributed by atoms with Crippen molar-refractivity contribution in [2.75, 3.05) is 4.43 Å². The molecular weight excluding hydrogens is 425 g/mol. The van der Waals surface area contributed by atoms with Gasteiger partial charge in [0.2, 0.25) is 0 Å². The fourth-order valence-corrected chi connectivity index (χ4v) is 5.50. The molecular formula is C20H17IN3O-. The van der Waals surface area contributed by atoms with Gasteiger partial charge in [-0.25, -0.2) is 0 Å². The number of pyridine rings is 1. The molecule has 2 aromatic heterocycles. The third kappa shape index (κ3) is 3.28. The zero-order valence-corrected chi connectivity index (χ0v) is 16.0. The van der Waals surface area contributed by atoms with Crippen molar-refractivity contribution in [1.82, 2.24) is 14.6 Å². The maximum absolute atomic E-state index is 11.2. The van der Waals surface area contributed by atoms with Gasteiger partial charge < -0.3 is 0 Å². The van der Waals surface area contributed by atoms with Crippen molar-refractivity contribution in [3.8, 4) is 11.1 Å². The molecule has 4 rings (SSSR count). The van der Waals surface area contributed by atoms with Gasteiger partial charge in [0.15, 0.2) is 0 Å². The molecule has 5 heteroatoms. The number of ketones is 1. The Labute approximate surface area is 156 Å². The van der Waals surface area contributed by atoms with Crippen molar-refractivity contribution in [3.05, 3.63) is 64.5 Å². The Hall–Kier alpha value is -2.28. The van der Waals surface area contributed by atoms with Crippen molar-refractivity contribution >= 4 is 22.3 Å². The SMILES string of the molecule is CC(=O)CC[I-]c1ccc2c(-c3ccccc3)cc3nncn3c2c1. The van der Waals surface area contributed by atoms with E-state index in [4.69, 9.17) is 0 Å². The number of carbonyl (C=O) groups excluding carboxylic acids is 1. The van der Waals surface area contributed by atoms with E-state index in [0.717, 1.165) is 15.6 Å². The summed E-state index contributed by atoms with van der Waals surface area (Å²) in [7, 11) is 0. The van der Waals surface area contributed by atoms with Crippen LogP contribution in [0.1, 0.15) is 13.3 Å². The summed E-state index contributed by atoms with van der Waals surface area (Å²) < 4.78 is 4.37. The third-order valence-electron chi connectivity index (χ3n) is 4.14. The van der Waals surface area contributed by atoms with Crippen LogP contribution >= 0.6 is 0 Å². The molecule has 0 bridgehead atoms. The van der Waals surface area contributed by atoms with E-state index in [2.05, 4.69) is 58.7 Å². The monoisotopic (exact) mass is 442 g/mol. The summed E-state index contributed by atoms with van der Waals surface area (Å²) in [5, 5.41) is 9.52. The summed E-state index contributed by atoms with van der Waals surface area (Å²) >= 11 is -0.164. The van der Waals surface area contributed by atoms with Crippen LogP contribution in [0.5, 0.6) is 0 Å². The second kappa shape index (κ2) is 6.92. The summed E-state index contributed by atoms with van der Waals surface area (Å²) in [5.74, 6) is 0.271. The van der Waals surface area contributed by atoms with E-state index in [1.54, 1.807) is 13.3 Å². The van der Waals surface area contributed by atoms with E-state index < -0.39 is 0 Å². The van der Waals surface area contributed by atoms with Gasteiger partial charge in [-0.05, 0) is 0 Å². The molecule has 0 aliphatic heterocycles. The van der Waals surface area contributed by atoms with Gasteiger partial charge in [0.05, 0.1) is 0 Å². The number of nitrogens with zero attached hydrogens (tertiary/aromatic N) is 3. The molecule has 2 heterocycles. The molecule has 0 aliphatic carbocycles. The number of fused-ring (bicyclic) bond motifs is 3. The Morgan fingerprint density at radius 2 is 1.96 bits per heavy atom. The molecule has 0 atom stereocenters. The van der Waals surface area contributed by atoms with E-state index in [-0.39, 0.29) is 27.0 Å². The van der Waals surface area contributed by atoms with Gasteiger partial charge in [-0.15, -0.1) is 0 Å². The van der Waals surface area contributed by atoms with Gasteiger partial charge in [-0.3, -0.25) is 0 Å². The van der Waals surface area contributed by atoms with Crippen LogP contribution in [-0.4, -0.2) is 24.8 Å². The average molecular weight is 442 g/mol. The Bertz CT molecular complexity index is 1060. The minimum atomic E-state index is -0.164. The van der Waals surface area contributed by atoms with Gasteiger partial charge in [0, 0.05) is 0 Å². The first-order valence-corrected chi connectivity index (χ1v) is 10.7. The molecule has 0 unspecified atom stereocenters. The molecule has 0 aliphatic rings. The number of carbonyl (C=O) groups is 1. The van der Waals surface area contributed by atoms with Gasteiger partial charge in [0.1, 0.15) is 0 Å². The van der Waals surface area contributed by atoms with E-state index in [1.807, 2.05) is 10.5 Å². The molecule has 0 fully saturated rings. The quantitative estimate of drug-likeness (QED) is 0.339. The normalized spacial score (nSPS) is 11.4. The fourth-order valence-electron chi connectivity index (χ4n) is 2.90. The van der Waals surface area contributed by atoms with E-state index in [1.165, 1.54) is 20.1 Å². The molecule has 25 heavy (non-hydrogen) atoms. The van der Waals surface area contributed by atoms with Gasteiger partial charge in [-0.1, -0.05) is 0 Å². The number of hydrogen-bond donors (Lipinski definition) is 0. The fraction of sp³-hybridized carbons (Fsp3) is 0.150. The molecule has 4 aromatic rings. The molecule has 0 saturated carbocycles. The van der Waals surface area contributed by atoms with Crippen molar-refractivity contribution in [3.63, 3.8) is 0 Å². The van der Waals surface area contributed by atoms with Crippen LogP contribution in [0.15, 0.2) is 60.9 Å². The Morgan fingerprint density at radius 3 is 2.76 bits per heavy atom. The second-order valence-electron chi connectivity index (χ2n) is 5.92. The van der Waals surface area contributed by atoms with Gasteiger partial charge in [0.25, 0.3) is 0 Å². The van der Waals surface area contributed by atoms with Crippen molar-refractivity contribution in [2.24, 2.45) is 0 Å². The van der Waals surface area contributed by atoms with E-state index >= 15 is 0 Å². The predicted octanol–water partition coefficient (Wildman–Crippen LogP) is 0.787. The summed E-state index contributed by atoms with van der Waals surface area (Å²) in [5.41, 5.74) is 4.33. The Morgan fingerprint density at radius 1 is 1.12 bits per heavy atom. The first-order chi connectivity index (χ1) is 12.2. The number of rotatable bonds is 5. The zero-order valence-electron chi connectivity index (χ0n) is 13.8. The topological polar surface area (TPSA) is 47.3 Å². The molecule has 0 saturated heterocycles. The molecule has 126 valence electrons.